The molecule has 3 heteroatoms. The van der Waals surface area contributed by atoms with Crippen molar-refractivity contribution in [3.63, 3.8) is 0 Å². The molecule has 0 fully saturated rings. The van der Waals surface area contributed by atoms with Crippen LogP contribution in [-0.4, -0.2) is 9.97 Å². The Balaban J connectivity index is 1.28. The summed E-state index contributed by atoms with van der Waals surface area (Å²) < 4.78 is 6.52. The fourth-order valence-corrected chi connectivity index (χ4v) is 7.19. The first-order valence-electron chi connectivity index (χ1n) is 15.3. The van der Waals surface area contributed by atoms with E-state index in [1.165, 1.54) is 32.3 Å². The average molecular weight is 573 g/mol. The van der Waals surface area contributed by atoms with Gasteiger partial charge in [-0.25, -0.2) is 9.97 Å². The van der Waals surface area contributed by atoms with E-state index in [-0.39, 0.29) is 0 Å². The molecule has 3 nitrogen and oxygen atoms in total. The molecule has 8 aromatic carbocycles. The van der Waals surface area contributed by atoms with Crippen LogP contribution in [0, 0.1) is 0 Å². The van der Waals surface area contributed by atoms with Crippen molar-refractivity contribution >= 4 is 75.9 Å². The zero-order chi connectivity index (χ0) is 29.5. The third kappa shape index (κ3) is 3.52. The predicted octanol–water partition coefficient (Wildman–Crippen LogP) is 11.5. The van der Waals surface area contributed by atoms with E-state index in [4.69, 9.17) is 14.4 Å². The van der Waals surface area contributed by atoms with Gasteiger partial charge in [0.15, 0.2) is 5.82 Å². The third-order valence-electron chi connectivity index (χ3n) is 9.24. The highest BCUT2D eigenvalue weighted by atomic mass is 16.3. The van der Waals surface area contributed by atoms with Crippen LogP contribution in [0.1, 0.15) is 0 Å². The normalized spacial score (nSPS) is 12.0. The molecule has 0 atom stereocenters. The second-order valence-electron chi connectivity index (χ2n) is 11.7. The van der Waals surface area contributed by atoms with Crippen molar-refractivity contribution in [2.45, 2.75) is 0 Å². The quantitative estimate of drug-likeness (QED) is 0.193. The minimum atomic E-state index is 0.718. The zero-order valence-electron chi connectivity index (χ0n) is 24.2. The molecule has 2 aromatic heterocycles. The van der Waals surface area contributed by atoms with Gasteiger partial charge in [-0.3, -0.25) is 0 Å². The van der Waals surface area contributed by atoms with Gasteiger partial charge in [0, 0.05) is 32.7 Å². The Hall–Kier alpha value is -6.06. The number of benzene rings is 8. The van der Waals surface area contributed by atoms with Gasteiger partial charge in [0.05, 0.1) is 11.2 Å². The van der Waals surface area contributed by atoms with Crippen LogP contribution in [0.5, 0.6) is 0 Å². The van der Waals surface area contributed by atoms with E-state index in [1.807, 2.05) is 18.2 Å². The van der Waals surface area contributed by atoms with Crippen LogP contribution in [0.3, 0.4) is 0 Å². The summed E-state index contributed by atoms with van der Waals surface area (Å²) in [6, 6.07) is 51.2. The number of hydrogen-bond acceptors (Lipinski definition) is 3. The average Bonchev–Trinajstić information content (AvgIpc) is 3.50. The molecule has 0 saturated heterocycles. The molecule has 45 heavy (non-hydrogen) atoms. The van der Waals surface area contributed by atoms with Gasteiger partial charge < -0.3 is 4.42 Å². The minimum absolute atomic E-state index is 0.718. The van der Waals surface area contributed by atoms with Crippen molar-refractivity contribution in [3.8, 4) is 22.6 Å². The van der Waals surface area contributed by atoms with Gasteiger partial charge in [0.2, 0.25) is 0 Å². The lowest BCUT2D eigenvalue weighted by Gasteiger charge is -2.14. The van der Waals surface area contributed by atoms with Crippen molar-refractivity contribution in [1.82, 2.24) is 9.97 Å². The smallest absolute Gasteiger partial charge is 0.160 e. The summed E-state index contributed by atoms with van der Waals surface area (Å²) in [7, 11) is 0. The van der Waals surface area contributed by atoms with Gasteiger partial charge >= 0.3 is 0 Å². The van der Waals surface area contributed by atoms with E-state index >= 15 is 0 Å². The Morgan fingerprint density at radius 1 is 0.400 bits per heavy atom. The second kappa shape index (κ2) is 9.22. The maximum absolute atomic E-state index is 6.52. The molecule has 10 rings (SSSR count). The van der Waals surface area contributed by atoms with Crippen molar-refractivity contribution in [2.75, 3.05) is 0 Å². The molecule has 0 unspecified atom stereocenters. The number of nitrogens with zero attached hydrogens (tertiary/aromatic N) is 2. The molecule has 2 heterocycles. The number of hydrogen-bond donors (Lipinski definition) is 0. The van der Waals surface area contributed by atoms with Gasteiger partial charge in [-0.05, 0) is 62.0 Å². The van der Waals surface area contributed by atoms with Crippen LogP contribution in [-0.2, 0) is 0 Å². The lowest BCUT2D eigenvalue weighted by molar-refractivity contribution is 0.673. The summed E-state index contributed by atoms with van der Waals surface area (Å²) in [5.74, 6) is 0.718. The van der Waals surface area contributed by atoms with Crippen molar-refractivity contribution in [3.05, 3.63) is 146 Å². The van der Waals surface area contributed by atoms with Gasteiger partial charge in [0.1, 0.15) is 11.2 Å². The number of fused-ring (bicyclic) bond motifs is 13. The fraction of sp³-hybridized carbons (Fsp3) is 0. The van der Waals surface area contributed by atoms with Crippen LogP contribution in [0.4, 0.5) is 0 Å². The van der Waals surface area contributed by atoms with Gasteiger partial charge in [-0.2, -0.15) is 0 Å². The van der Waals surface area contributed by atoms with E-state index in [0.717, 1.165) is 66.3 Å². The zero-order valence-corrected chi connectivity index (χ0v) is 24.2. The highest BCUT2D eigenvalue weighted by Gasteiger charge is 2.18. The molecule has 0 aliphatic carbocycles. The Morgan fingerprint density at radius 3 is 1.96 bits per heavy atom. The Morgan fingerprint density at radius 2 is 1.07 bits per heavy atom. The van der Waals surface area contributed by atoms with Crippen LogP contribution < -0.4 is 0 Å². The molecule has 0 spiro atoms. The van der Waals surface area contributed by atoms with E-state index in [2.05, 4.69) is 127 Å². The van der Waals surface area contributed by atoms with E-state index in [9.17, 15) is 0 Å². The molecule has 0 aliphatic heterocycles. The predicted molar refractivity (Wildman–Crippen MR) is 188 cm³/mol. The van der Waals surface area contributed by atoms with Crippen molar-refractivity contribution < 1.29 is 4.42 Å². The first-order valence-corrected chi connectivity index (χ1v) is 15.3. The largest absolute Gasteiger partial charge is 0.455 e. The summed E-state index contributed by atoms with van der Waals surface area (Å²) in [5.41, 5.74) is 5.80. The maximum Gasteiger partial charge on any atom is 0.160 e. The van der Waals surface area contributed by atoms with E-state index in [1.54, 1.807) is 0 Å². The molecule has 208 valence electrons. The highest BCUT2D eigenvalue weighted by molar-refractivity contribution is 6.32. The molecular formula is C42H24N2O. The Bertz CT molecular complexity index is 2790. The monoisotopic (exact) mass is 572 g/mol. The number of furan rings is 1. The molecule has 10 aromatic rings. The maximum atomic E-state index is 6.52. The van der Waals surface area contributed by atoms with Crippen LogP contribution in [0.25, 0.3) is 98.6 Å². The molecule has 0 saturated carbocycles. The molecule has 0 aliphatic rings. The fourth-order valence-electron chi connectivity index (χ4n) is 7.19. The summed E-state index contributed by atoms with van der Waals surface area (Å²) in [4.78, 5) is 10.4. The Kier molecular flexibility index (Phi) is 5.00. The van der Waals surface area contributed by atoms with Crippen molar-refractivity contribution in [2.24, 2.45) is 0 Å². The molecule has 0 amide bonds. The van der Waals surface area contributed by atoms with Crippen LogP contribution in [0.2, 0.25) is 0 Å². The summed E-state index contributed by atoms with van der Waals surface area (Å²) in [5, 5.41) is 12.8. The van der Waals surface area contributed by atoms with E-state index < -0.39 is 0 Å². The Labute approximate surface area is 258 Å². The van der Waals surface area contributed by atoms with Gasteiger partial charge in [-0.1, -0.05) is 121 Å². The molecule has 0 bridgehead atoms. The number of rotatable bonds is 2. The molecule has 0 N–H and O–H groups in total. The lowest BCUT2D eigenvalue weighted by Crippen LogP contribution is -1.96. The summed E-state index contributed by atoms with van der Waals surface area (Å²) >= 11 is 0. The summed E-state index contributed by atoms with van der Waals surface area (Å²) in [6.07, 6.45) is 0. The van der Waals surface area contributed by atoms with Crippen molar-refractivity contribution in [1.29, 1.82) is 0 Å². The van der Waals surface area contributed by atoms with E-state index in [0.29, 0.717) is 0 Å². The molecule has 0 radical (unpaired) electrons. The van der Waals surface area contributed by atoms with Gasteiger partial charge in [-0.15, -0.1) is 0 Å². The standard InChI is InChI=1S/C42H24N2O/c1-2-11-26(12-3-1)40-39-28-13-5-4-10-25(28)19-23-36(39)43-42(44-40)27-18-20-30-33-21-22-34-31-15-8-9-17-37(31)45-41(34)38(33)32-16-7-6-14-29(32)35(30)24-27/h1-24H. The lowest BCUT2D eigenvalue weighted by atomic mass is 9.92. The first kappa shape index (κ1) is 24.4. The number of para-hydroxylation sites is 1. The first-order chi connectivity index (χ1) is 22.3. The van der Waals surface area contributed by atoms with Crippen LogP contribution >= 0.6 is 0 Å². The second-order valence-corrected chi connectivity index (χ2v) is 11.7. The highest BCUT2D eigenvalue weighted by Crippen LogP contribution is 2.43. The number of aromatic nitrogens is 2. The topological polar surface area (TPSA) is 38.9 Å². The summed E-state index contributed by atoms with van der Waals surface area (Å²) in [6.45, 7) is 0. The minimum Gasteiger partial charge on any atom is -0.455 e. The van der Waals surface area contributed by atoms with Crippen LogP contribution in [0.15, 0.2) is 150 Å². The molecular weight excluding hydrogens is 548 g/mol. The van der Waals surface area contributed by atoms with Gasteiger partial charge in [0.25, 0.3) is 0 Å². The SMILES string of the molecule is c1ccc(-c2nc(-c3ccc4c(c3)c3ccccc3c3c4ccc4c5ccccc5oc43)nc3ccc4ccccc4c23)cc1. The third-order valence-corrected chi connectivity index (χ3v) is 9.24.